The number of nitrogens with one attached hydrogen (secondary N) is 3. The van der Waals surface area contributed by atoms with E-state index in [1.165, 1.54) is 0 Å². The van der Waals surface area contributed by atoms with Crippen molar-refractivity contribution in [1.82, 2.24) is 16.0 Å². The first kappa shape index (κ1) is 25.3. The minimum absolute atomic E-state index is 0.0959. The average molecular weight is 476 g/mol. The van der Waals surface area contributed by atoms with E-state index in [1.807, 2.05) is 84.9 Å². The Morgan fingerprint density at radius 2 is 1.40 bits per heavy atom. The van der Waals surface area contributed by atoms with E-state index in [4.69, 9.17) is 9.47 Å². The van der Waals surface area contributed by atoms with Gasteiger partial charge >= 0.3 is 6.09 Å². The molecule has 0 bridgehead atoms. The van der Waals surface area contributed by atoms with Gasteiger partial charge in [0.05, 0.1) is 7.11 Å². The van der Waals surface area contributed by atoms with Gasteiger partial charge in [-0.3, -0.25) is 9.59 Å². The first-order valence-electron chi connectivity index (χ1n) is 11.2. The Balaban J connectivity index is 1.52. The number of carbonyl (C=O) groups excluding carboxylic acids is 3. The second kappa shape index (κ2) is 13.4. The van der Waals surface area contributed by atoms with E-state index in [9.17, 15) is 14.4 Å². The summed E-state index contributed by atoms with van der Waals surface area (Å²) < 4.78 is 10.3. The van der Waals surface area contributed by atoms with Crippen molar-refractivity contribution in [2.75, 3.05) is 13.7 Å². The Morgan fingerprint density at radius 3 is 2.03 bits per heavy atom. The molecular formula is C27H29N3O5. The van der Waals surface area contributed by atoms with Crippen LogP contribution in [0.2, 0.25) is 0 Å². The third kappa shape index (κ3) is 8.85. The van der Waals surface area contributed by atoms with E-state index in [0.29, 0.717) is 13.0 Å². The Hall–Kier alpha value is -4.33. The Morgan fingerprint density at radius 1 is 0.771 bits per heavy atom. The topological polar surface area (TPSA) is 106 Å². The van der Waals surface area contributed by atoms with Crippen molar-refractivity contribution in [3.05, 3.63) is 102 Å². The van der Waals surface area contributed by atoms with Crippen LogP contribution in [0.5, 0.6) is 5.75 Å². The molecule has 35 heavy (non-hydrogen) atoms. The van der Waals surface area contributed by atoms with Crippen LogP contribution in [0.15, 0.2) is 84.9 Å². The van der Waals surface area contributed by atoms with Crippen LogP contribution in [0.1, 0.15) is 16.7 Å². The molecule has 1 atom stereocenters. The highest BCUT2D eigenvalue weighted by atomic mass is 16.5. The molecule has 0 fully saturated rings. The number of alkyl carbamates (subject to hydrolysis) is 1. The van der Waals surface area contributed by atoms with E-state index < -0.39 is 18.0 Å². The van der Waals surface area contributed by atoms with Crippen LogP contribution in [0.3, 0.4) is 0 Å². The largest absolute Gasteiger partial charge is 0.497 e. The maximum atomic E-state index is 12.9. The highest BCUT2D eigenvalue weighted by Gasteiger charge is 2.21. The van der Waals surface area contributed by atoms with Gasteiger partial charge in [-0.1, -0.05) is 72.8 Å². The molecule has 0 aliphatic rings. The number of hydrogen-bond acceptors (Lipinski definition) is 5. The first-order valence-corrected chi connectivity index (χ1v) is 11.2. The predicted molar refractivity (Wildman–Crippen MR) is 132 cm³/mol. The van der Waals surface area contributed by atoms with Crippen LogP contribution in [0.4, 0.5) is 4.79 Å². The van der Waals surface area contributed by atoms with Crippen LogP contribution >= 0.6 is 0 Å². The second-order valence-electron chi connectivity index (χ2n) is 7.79. The van der Waals surface area contributed by atoms with Gasteiger partial charge in [0, 0.05) is 13.0 Å². The first-order chi connectivity index (χ1) is 17.0. The second-order valence-corrected chi connectivity index (χ2v) is 7.79. The van der Waals surface area contributed by atoms with Crippen molar-refractivity contribution in [3.63, 3.8) is 0 Å². The van der Waals surface area contributed by atoms with Crippen molar-refractivity contribution in [3.8, 4) is 5.75 Å². The average Bonchev–Trinajstić information content (AvgIpc) is 2.90. The maximum Gasteiger partial charge on any atom is 0.407 e. The van der Waals surface area contributed by atoms with E-state index in [0.717, 1.165) is 22.4 Å². The zero-order valence-corrected chi connectivity index (χ0v) is 19.5. The molecule has 0 saturated carbocycles. The maximum absolute atomic E-state index is 12.9. The number of carbonyl (C=O) groups is 3. The molecule has 3 N–H and O–H groups in total. The van der Waals surface area contributed by atoms with E-state index >= 15 is 0 Å². The minimum atomic E-state index is -0.815. The standard InChI is InChI=1S/C27H29N3O5/c1-34-23-14-12-21(13-15-23)17-28-26(32)24(16-20-8-4-2-5-9-20)30-25(31)18-29-27(33)35-19-22-10-6-3-7-11-22/h2-15,24H,16-19H2,1H3,(H,28,32)(H,29,33)(H,30,31). The molecule has 0 saturated heterocycles. The molecule has 0 radical (unpaired) electrons. The van der Waals surface area contributed by atoms with Gasteiger partial charge in [-0.2, -0.15) is 0 Å². The normalized spacial score (nSPS) is 11.1. The summed E-state index contributed by atoms with van der Waals surface area (Å²) in [6.45, 7) is 0.0808. The van der Waals surface area contributed by atoms with E-state index in [-0.39, 0.29) is 19.1 Å². The van der Waals surface area contributed by atoms with Gasteiger partial charge in [-0.05, 0) is 28.8 Å². The molecular weight excluding hydrogens is 446 g/mol. The molecule has 0 aliphatic heterocycles. The van der Waals surface area contributed by atoms with Crippen molar-refractivity contribution in [1.29, 1.82) is 0 Å². The summed E-state index contributed by atoms with van der Waals surface area (Å²) >= 11 is 0. The van der Waals surface area contributed by atoms with Crippen LogP contribution in [0, 0.1) is 0 Å². The minimum Gasteiger partial charge on any atom is -0.497 e. The summed E-state index contributed by atoms with van der Waals surface area (Å²) in [5.41, 5.74) is 2.63. The van der Waals surface area contributed by atoms with Gasteiger partial charge in [0.1, 0.15) is 24.9 Å². The van der Waals surface area contributed by atoms with Crippen molar-refractivity contribution >= 4 is 17.9 Å². The molecule has 3 amide bonds. The highest BCUT2D eigenvalue weighted by Crippen LogP contribution is 2.11. The smallest absolute Gasteiger partial charge is 0.407 e. The fourth-order valence-electron chi connectivity index (χ4n) is 3.29. The van der Waals surface area contributed by atoms with Gasteiger partial charge in [0.25, 0.3) is 0 Å². The number of rotatable bonds is 11. The Bertz CT molecular complexity index is 1090. The summed E-state index contributed by atoms with van der Waals surface area (Å²) in [6.07, 6.45) is -0.410. The van der Waals surface area contributed by atoms with Gasteiger partial charge in [-0.15, -0.1) is 0 Å². The molecule has 8 nitrogen and oxygen atoms in total. The monoisotopic (exact) mass is 475 g/mol. The van der Waals surface area contributed by atoms with Crippen molar-refractivity contribution in [2.45, 2.75) is 25.6 Å². The lowest BCUT2D eigenvalue weighted by atomic mass is 10.0. The zero-order valence-electron chi connectivity index (χ0n) is 19.5. The molecule has 8 heteroatoms. The summed E-state index contributed by atoms with van der Waals surface area (Å²) in [6, 6.07) is 25.1. The molecule has 3 rings (SSSR count). The SMILES string of the molecule is COc1ccc(CNC(=O)C(Cc2ccccc2)NC(=O)CNC(=O)OCc2ccccc2)cc1. The van der Waals surface area contributed by atoms with E-state index in [2.05, 4.69) is 16.0 Å². The third-order valence-electron chi connectivity index (χ3n) is 5.17. The molecule has 0 aromatic heterocycles. The zero-order chi connectivity index (χ0) is 24.9. The molecule has 3 aromatic rings. The number of benzene rings is 3. The summed E-state index contributed by atoms with van der Waals surface area (Å²) in [5, 5.41) is 7.98. The van der Waals surface area contributed by atoms with E-state index in [1.54, 1.807) is 7.11 Å². The Labute approximate surface area is 204 Å². The Kier molecular flexibility index (Phi) is 9.68. The van der Waals surface area contributed by atoms with Crippen LogP contribution in [-0.4, -0.2) is 37.6 Å². The fourth-order valence-corrected chi connectivity index (χ4v) is 3.29. The lowest BCUT2D eigenvalue weighted by molar-refractivity contribution is -0.128. The summed E-state index contributed by atoms with van der Waals surface area (Å²) in [4.78, 5) is 37.3. The van der Waals surface area contributed by atoms with Crippen LogP contribution in [-0.2, 0) is 33.9 Å². The summed E-state index contributed by atoms with van der Waals surface area (Å²) in [7, 11) is 1.59. The molecule has 0 spiro atoms. The lowest BCUT2D eigenvalue weighted by Gasteiger charge is -2.19. The highest BCUT2D eigenvalue weighted by molar-refractivity contribution is 5.89. The van der Waals surface area contributed by atoms with Gasteiger partial charge in [0.15, 0.2) is 0 Å². The van der Waals surface area contributed by atoms with Gasteiger partial charge in [-0.25, -0.2) is 4.79 Å². The fraction of sp³-hybridized carbons (Fsp3) is 0.222. The molecule has 182 valence electrons. The number of methoxy groups -OCH3 is 1. The predicted octanol–water partition coefficient (Wildman–Crippen LogP) is 2.97. The van der Waals surface area contributed by atoms with Crippen molar-refractivity contribution < 1.29 is 23.9 Å². The lowest BCUT2D eigenvalue weighted by Crippen LogP contribution is -2.50. The number of ether oxygens (including phenoxy) is 2. The van der Waals surface area contributed by atoms with Gasteiger partial charge < -0.3 is 25.4 Å². The van der Waals surface area contributed by atoms with Gasteiger partial charge in [0.2, 0.25) is 11.8 Å². The number of hydrogen-bond donors (Lipinski definition) is 3. The molecule has 0 aliphatic carbocycles. The molecule has 0 heterocycles. The van der Waals surface area contributed by atoms with Crippen molar-refractivity contribution in [2.24, 2.45) is 0 Å². The number of amides is 3. The molecule has 3 aromatic carbocycles. The summed E-state index contributed by atoms with van der Waals surface area (Å²) in [5.74, 6) is -0.101. The third-order valence-corrected chi connectivity index (χ3v) is 5.17. The quantitative estimate of drug-likeness (QED) is 0.395. The molecule has 1 unspecified atom stereocenters. The van der Waals surface area contributed by atoms with Crippen LogP contribution < -0.4 is 20.7 Å². The van der Waals surface area contributed by atoms with Crippen LogP contribution in [0.25, 0.3) is 0 Å².